The van der Waals surface area contributed by atoms with Crippen LogP contribution in [0.1, 0.15) is 21.1 Å². The van der Waals surface area contributed by atoms with Gasteiger partial charge in [0.25, 0.3) is 0 Å². The van der Waals surface area contributed by atoms with Gasteiger partial charge in [0.1, 0.15) is 10.0 Å². The summed E-state index contributed by atoms with van der Waals surface area (Å²) in [4.78, 5) is 0. The molecule has 7 heteroatoms. The molecule has 0 unspecified atom stereocenters. The van der Waals surface area contributed by atoms with E-state index < -0.39 is 0 Å². The van der Waals surface area contributed by atoms with Gasteiger partial charge in [-0.25, -0.2) is 0 Å². The van der Waals surface area contributed by atoms with Crippen molar-refractivity contribution >= 4 is 35.6 Å². The molecule has 0 atom stereocenters. The molecule has 0 spiro atoms. The van der Waals surface area contributed by atoms with Crippen molar-refractivity contribution < 1.29 is 20.4 Å². The number of hydrogen-bond donors (Lipinski definition) is 4. The maximum absolute atomic E-state index is 9.46. The molecule has 0 saturated carbocycles. The third-order valence-corrected chi connectivity index (χ3v) is 4.15. The molecule has 0 bridgehead atoms. The molecule has 126 valence electrons. The van der Waals surface area contributed by atoms with Gasteiger partial charge >= 0.3 is 0 Å². The number of nitrogens with zero attached hydrogens (tertiary/aromatic N) is 2. The number of aromatic nitrogens is 2. The highest BCUT2D eigenvalue weighted by atomic mass is 32.1. The maximum atomic E-state index is 9.46. The Balaban J connectivity index is 1.71. The van der Waals surface area contributed by atoms with Gasteiger partial charge in [0, 0.05) is 0 Å². The number of benzene rings is 2. The zero-order valence-electron chi connectivity index (χ0n) is 12.9. The zero-order valence-corrected chi connectivity index (χ0v) is 13.7. The molecule has 3 aromatic rings. The van der Waals surface area contributed by atoms with Crippen LogP contribution in [0.15, 0.2) is 36.4 Å². The first-order chi connectivity index (χ1) is 12.0. The van der Waals surface area contributed by atoms with Crippen molar-refractivity contribution in [2.75, 3.05) is 0 Å². The van der Waals surface area contributed by atoms with Gasteiger partial charge in [-0.2, -0.15) is 0 Å². The number of hydrogen-bond acceptors (Lipinski definition) is 7. The lowest BCUT2D eigenvalue weighted by Gasteiger charge is -1.97. The Labute approximate surface area is 147 Å². The molecular weight excluding hydrogens is 340 g/mol. The van der Waals surface area contributed by atoms with Crippen LogP contribution in [-0.2, 0) is 0 Å². The van der Waals surface area contributed by atoms with Crippen molar-refractivity contribution in [2.24, 2.45) is 0 Å². The summed E-state index contributed by atoms with van der Waals surface area (Å²) in [5.41, 5.74) is 1.45. The normalized spacial score (nSPS) is 11.5. The van der Waals surface area contributed by atoms with E-state index in [1.54, 1.807) is 36.4 Å². The first-order valence-corrected chi connectivity index (χ1v) is 8.06. The average Bonchev–Trinajstić information content (AvgIpc) is 3.05. The fraction of sp³-hybridized carbons (Fsp3) is 0. The lowest BCUT2D eigenvalue weighted by molar-refractivity contribution is 0.403. The Bertz CT molecular complexity index is 887. The first-order valence-electron chi connectivity index (χ1n) is 7.25. The van der Waals surface area contributed by atoms with Crippen LogP contribution in [0.2, 0.25) is 0 Å². The Morgan fingerprint density at radius 2 is 1.04 bits per heavy atom. The highest BCUT2D eigenvalue weighted by Crippen LogP contribution is 2.27. The van der Waals surface area contributed by atoms with Crippen molar-refractivity contribution in [3.63, 3.8) is 0 Å². The van der Waals surface area contributed by atoms with Crippen LogP contribution in [0.4, 0.5) is 0 Å². The zero-order chi connectivity index (χ0) is 17.8. The average molecular weight is 354 g/mol. The number of rotatable bonds is 4. The molecule has 0 fully saturated rings. The molecule has 2 aromatic carbocycles. The van der Waals surface area contributed by atoms with E-state index in [9.17, 15) is 20.4 Å². The highest BCUT2D eigenvalue weighted by Gasteiger charge is 2.01. The second-order valence-electron chi connectivity index (χ2n) is 5.14. The summed E-state index contributed by atoms with van der Waals surface area (Å²) in [5, 5.41) is 47.0. The smallest absolute Gasteiger partial charge is 0.157 e. The Morgan fingerprint density at radius 1 is 0.600 bits per heavy atom. The highest BCUT2D eigenvalue weighted by molar-refractivity contribution is 7.13. The van der Waals surface area contributed by atoms with Crippen LogP contribution >= 0.6 is 11.3 Å². The van der Waals surface area contributed by atoms with Gasteiger partial charge in [-0.05, 0) is 47.5 Å². The first kappa shape index (κ1) is 16.5. The van der Waals surface area contributed by atoms with E-state index in [4.69, 9.17) is 0 Å². The van der Waals surface area contributed by atoms with E-state index in [0.29, 0.717) is 10.0 Å². The molecule has 4 N–H and O–H groups in total. The summed E-state index contributed by atoms with van der Waals surface area (Å²) in [6.07, 6.45) is 7.02. The van der Waals surface area contributed by atoms with Crippen molar-refractivity contribution in [2.45, 2.75) is 0 Å². The van der Waals surface area contributed by atoms with Crippen molar-refractivity contribution in [1.82, 2.24) is 10.2 Å². The third-order valence-electron chi connectivity index (χ3n) is 3.29. The summed E-state index contributed by atoms with van der Waals surface area (Å²) in [6.45, 7) is 0. The second-order valence-corrected chi connectivity index (χ2v) is 6.18. The van der Waals surface area contributed by atoms with Gasteiger partial charge < -0.3 is 20.4 Å². The van der Waals surface area contributed by atoms with Gasteiger partial charge in [-0.15, -0.1) is 10.2 Å². The predicted octanol–water partition coefficient (Wildman–Crippen LogP) is 3.70. The molecule has 0 radical (unpaired) electrons. The van der Waals surface area contributed by atoms with E-state index in [2.05, 4.69) is 10.2 Å². The molecule has 1 aromatic heterocycles. The molecule has 1 heterocycles. The van der Waals surface area contributed by atoms with Crippen LogP contribution in [0.3, 0.4) is 0 Å². The lowest BCUT2D eigenvalue weighted by Crippen LogP contribution is -1.75. The van der Waals surface area contributed by atoms with E-state index >= 15 is 0 Å². The van der Waals surface area contributed by atoms with E-state index in [0.717, 1.165) is 11.1 Å². The summed E-state index contributed by atoms with van der Waals surface area (Å²) in [5.74, 6) is -0.693. The van der Waals surface area contributed by atoms with E-state index in [-0.39, 0.29) is 23.0 Å². The SMILES string of the molecule is Oc1ccc(/C=C\c2nnc(/C=C\c3ccc(O)c(O)c3)s2)cc1O. The van der Waals surface area contributed by atoms with Gasteiger partial charge in [-0.1, -0.05) is 35.6 Å². The van der Waals surface area contributed by atoms with Gasteiger partial charge in [0.2, 0.25) is 0 Å². The Kier molecular flexibility index (Phi) is 4.67. The van der Waals surface area contributed by atoms with Gasteiger partial charge in [0.05, 0.1) is 0 Å². The molecule has 0 amide bonds. The van der Waals surface area contributed by atoms with Gasteiger partial charge in [0.15, 0.2) is 23.0 Å². The minimum Gasteiger partial charge on any atom is -0.504 e. The predicted molar refractivity (Wildman–Crippen MR) is 97.3 cm³/mol. The monoisotopic (exact) mass is 354 g/mol. The number of phenols is 4. The molecule has 6 nitrogen and oxygen atoms in total. The van der Waals surface area contributed by atoms with Crippen LogP contribution in [0.25, 0.3) is 24.3 Å². The summed E-state index contributed by atoms with van der Waals surface area (Å²) in [6, 6.07) is 9.07. The number of phenolic OH excluding ortho intramolecular Hbond substituents is 4. The van der Waals surface area contributed by atoms with Crippen molar-refractivity contribution in [3.05, 3.63) is 57.5 Å². The minimum atomic E-state index is -0.180. The fourth-order valence-corrected chi connectivity index (χ4v) is 2.65. The summed E-state index contributed by atoms with van der Waals surface area (Å²) in [7, 11) is 0. The Hall–Kier alpha value is -3.32. The summed E-state index contributed by atoms with van der Waals surface area (Å²) < 4.78 is 0. The topological polar surface area (TPSA) is 107 Å². The summed E-state index contributed by atoms with van der Waals surface area (Å²) >= 11 is 1.37. The molecule has 0 saturated heterocycles. The van der Waals surface area contributed by atoms with Crippen LogP contribution < -0.4 is 0 Å². The van der Waals surface area contributed by atoms with Gasteiger partial charge in [-0.3, -0.25) is 0 Å². The largest absolute Gasteiger partial charge is 0.504 e. The second kappa shape index (κ2) is 7.06. The quantitative estimate of drug-likeness (QED) is 0.532. The van der Waals surface area contributed by atoms with Crippen molar-refractivity contribution in [1.29, 1.82) is 0 Å². The number of aromatic hydroxyl groups is 4. The maximum Gasteiger partial charge on any atom is 0.157 e. The molecule has 0 aliphatic heterocycles. The standard InChI is InChI=1S/C18H14N2O4S/c21-13-5-1-11(9-15(13)23)3-7-17-19-20-18(25-17)8-4-12-2-6-14(22)16(24)10-12/h1-10,21-24H/b7-3-,8-4-. The fourth-order valence-electron chi connectivity index (χ4n) is 2.00. The molecule has 0 aliphatic rings. The Morgan fingerprint density at radius 3 is 1.44 bits per heavy atom. The van der Waals surface area contributed by atoms with E-state index in [1.807, 2.05) is 0 Å². The molecular formula is C18H14N2O4S. The molecule has 25 heavy (non-hydrogen) atoms. The minimum absolute atomic E-state index is 0.166. The van der Waals surface area contributed by atoms with Crippen LogP contribution in [0, 0.1) is 0 Å². The van der Waals surface area contributed by atoms with Crippen LogP contribution in [-0.4, -0.2) is 30.6 Å². The lowest BCUT2D eigenvalue weighted by atomic mass is 10.2. The third kappa shape index (κ3) is 4.15. The molecule has 0 aliphatic carbocycles. The molecule has 3 rings (SSSR count). The van der Waals surface area contributed by atoms with E-state index in [1.165, 1.54) is 35.6 Å². The van der Waals surface area contributed by atoms with Crippen molar-refractivity contribution in [3.8, 4) is 23.0 Å². The van der Waals surface area contributed by atoms with Crippen LogP contribution in [0.5, 0.6) is 23.0 Å².